The molecule has 0 spiro atoms. The normalized spacial score (nSPS) is 29.3. The third-order valence-corrected chi connectivity index (χ3v) is 4.10. The highest BCUT2D eigenvalue weighted by atomic mass is 14.0. The maximum absolute atomic E-state index is 3.35. The summed E-state index contributed by atoms with van der Waals surface area (Å²) in [5, 5.41) is 0. The van der Waals surface area contributed by atoms with Crippen molar-refractivity contribution in [1.29, 1.82) is 0 Å². The maximum Gasteiger partial charge on any atom is -0.0276 e. The van der Waals surface area contributed by atoms with Crippen LogP contribution in [0.15, 0.2) is 103 Å². The Morgan fingerprint density at radius 2 is 0.778 bits per heavy atom. The van der Waals surface area contributed by atoms with Gasteiger partial charge in [0, 0.05) is 0 Å². The van der Waals surface area contributed by atoms with Crippen LogP contribution in [0.3, 0.4) is 0 Å². The van der Waals surface area contributed by atoms with Crippen LogP contribution in [-0.4, -0.2) is 0 Å². The molecule has 27 heavy (non-hydrogen) atoms. The van der Waals surface area contributed by atoms with E-state index >= 15 is 0 Å². The molecule has 0 fully saturated rings. The standard InChI is InChI=1S/C27H35/c1-2-4-6-8-10-12-14-16-18-20-22-24-26-27-25-23-21-19-17-15-13-11-9-7-5-3-1/h1-17H,18,20-27H2/b3-1-,4-2-,7-5-,8-6-,11-9-,12-10-,15-13-,16-14-,19-17?. The summed E-state index contributed by atoms with van der Waals surface area (Å²) in [5.41, 5.74) is 0. The van der Waals surface area contributed by atoms with E-state index in [0.717, 1.165) is 6.42 Å². The highest BCUT2D eigenvalue weighted by Gasteiger charge is 1.90. The molecule has 0 amide bonds. The van der Waals surface area contributed by atoms with Crippen molar-refractivity contribution in [2.75, 3.05) is 0 Å². The van der Waals surface area contributed by atoms with Crippen molar-refractivity contribution in [3.05, 3.63) is 109 Å². The molecule has 0 saturated carbocycles. The topological polar surface area (TPSA) is 0 Å². The van der Waals surface area contributed by atoms with E-state index in [4.69, 9.17) is 0 Å². The Balaban J connectivity index is 2.42. The first-order valence-electron chi connectivity index (χ1n) is 10.4. The van der Waals surface area contributed by atoms with Gasteiger partial charge in [0.25, 0.3) is 0 Å². The fraction of sp³-hybridized carbons (Fsp3) is 0.333. The maximum atomic E-state index is 3.35. The highest BCUT2D eigenvalue weighted by molar-refractivity contribution is 5.21. The zero-order chi connectivity index (χ0) is 19.1. The van der Waals surface area contributed by atoms with Gasteiger partial charge >= 0.3 is 0 Å². The van der Waals surface area contributed by atoms with Crippen molar-refractivity contribution in [3.63, 3.8) is 0 Å². The quantitative estimate of drug-likeness (QED) is 0.408. The summed E-state index contributed by atoms with van der Waals surface area (Å²) in [6.45, 7) is 0. The zero-order valence-corrected chi connectivity index (χ0v) is 16.7. The van der Waals surface area contributed by atoms with Crippen LogP contribution in [0.5, 0.6) is 0 Å². The Kier molecular flexibility index (Phi) is 16.8. The molecule has 0 heteroatoms. The van der Waals surface area contributed by atoms with Crippen molar-refractivity contribution in [3.8, 4) is 0 Å². The minimum absolute atomic E-state index is 1.07. The van der Waals surface area contributed by atoms with Crippen LogP contribution in [0.2, 0.25) is 0 Å². The second kappa shape index (κ2) is 20.0. The van der Waals surface area contributed by atoms with Crippen LogP contribution in [0.25, 0.3) is 0 Å². The first-order chi connectivity index (χ1) is 13.5. The first kappa shape index (κ1) is 22.7. The number of hydrogen-bond acceptors (Lipinski definition) is 0. The van der Waals surface area contributed by atoms with Crippen molar-refractivity contribution >= 4 is 0 Å². The average molecular weight is 360 g/mol. The van der Waals surface area contributed by atoms with Gasteiger partial charge in [-0.2, -0.15) is 0 Å². The molecule has 0 aromatic heterocycles. The van der Waals surface area contributed by atoms with Gasteiger partial charge in [0.05, 0.1) is 0 Å². The molecule has 0 bridgehead atoms. The smallest absolute Gasteiger partial charge is 0.0276 e. The Labute approximate surface area is 167 Å². The van der Waals surface area contributed by atoms with Crippen LogP contribution < -0.4 is 0 Å². The Hall–Kier alpha value is -2.34. The predicted molar refractivity (Wildman–Crippen MR) is 122 cm³/mol. The van der Waals surface area contributed by atoms with E-state index in [-0.39, 0.29) is 0 Å². The Morgan fingerprint density at radius 3 is 1.33 bits per heavy atom. The van der Waals surface area contributed by atoms with Gasteiger partial charge < -0.3 is 0 Å². The molecule has 1 radical (unpaired) electrons. The Bertz CT molecular complexity index is 534. The van der Waals surface area contributed by atoms with Crippen LogP contribution in [0, 0.1) is 6.08 Å². The SMILES string of the molecule is [C]1=C/C=C\C=C/C=C\C=C/C=C\C=C/C=C\C=C/CCCCCCCCC\1. The molecular formula is C27H35. The van der Waals surface area contributed by atoms with E-state index in [2.05, 4.69) is 36.5 Å². The van der Waals surface area contributed by atoms with Crippen LogP contribution in [0.4, 0.5) is 0 Å². The van der Waals surface area contributed by atoms with Gasteiger partial charge in [0.1, 0.15) is 0 Å². The second-order valence-electron chi connectivity index (χ2n) is 6.51. The van der Waals surface area contributed by atoms with E-state index < -0.39 is 0 Å². The second-order valence-corrected chi connectivity index (χ2v) is 6.51. The molecule has 0 N–H and O–H groups in total. The molecule has 0 aromatic rings. The molecule has 0 nitrogen and oxygen atoms in total. The fourth-order valence-corrected chi connectivity index (χ4v) is 2.59. The monoisotopic (exact) mass is 359 g/mol. The first-order valence-corrected chi connectivity index (χ1v) is 10.4. The molecule has 1 rings (SSSR count). The summed E-state index contributed by atoms with van der Waals surface area (Å²) < 4.78 is 0. The summed E-state index contributed by atoms with van der Waals surface area (Å²) in [7, 11) is 0. The molecule has 0 saturated heterocycles. The molecule has 143 valence electrons. The lowest BCUT2D eigenvalue weighted by Gasteiger charge is -1.99. The van der Waals surface area contributed by atoms with E-state index in [0.29, 0.717) is 0 Å². The molecule has 0 heterocycles. The lowest BCUT2D eigenvalue weighted by Crippen LogP contribution is -1.80. The van der Waals surface area contributed by atoms with Gasteiger partial charge in [-0.05, 0) is 31.8 Å². The van der Waals surface area contributed by atoms with Gasteiger partial charge in [-0.25, -0.2) is 0 Å². The summed E-state index contributed by atoms with van der Waals surface area (Å²) in [4.78, 5) is 0. The molecule has 0 atom stereocenters. The lowest BCUT2D eigenvalue weighted by atomic mass is 10.1. The minimum atomic E-state index is 1.07. The predicted octanol–water partition coefficient (Wildman–Crippen LogP) is 8.32. The minimum Gasteiger partial charge on any atom is -0.0845 e. The van der Waals surface area contributed by atoms with Gasteiger partial charge in [0.2, 0.25) is 0 Å². The van der Waals surface area contributed by atoms with Crippen LogP contribution in [0.1, 0.15) is 57.8 Å². The lowest BCUT2D eigenvalue weighted by molar-refractivity contribution is 0.582. The molecular weight excluding hydrogens is 324 g/mol. The van der Waals surface area contributed by atoms with Crippen molar-refractivity contribution < 1.29 is 0 Å². The Morgan fingerprint density at radius 1 is 0.370 bits per heavy atom. The zero-order valence-electron chi connectivity index (χ0n) is 16.7. The fourth-order valence-electron chi connectivity index (χ4n) is 2.59. The molecule has 0 unspecified atom stereocenters. The van der Waals surface area contributed by atoms with Crippen LogP contribution >= 0.6 is 0 Å². The van der Waals surface area contributed by atoms with Crippen molar-refractivity contribution in [2.24, 2.45) is 0 Å². The van der Waals surface area contributed by atoms with E-state index in [1.807, 2.05) is 72.9 Å². The molecule has 1 aliphatic carbocycles. The van der Waals surface area contributed by atoms with Crippen LogP contribution in [-0.2, 0) is 0 Å². The molecule has 1 aliphatic rings. The van der Waals surface area contributed by atoms with Gasteiger partial charge in [-0.3, -0.25) is 0 Å². The summed E-state index contributed by atoms with van der Waals surface area (Å²) >= 11 is 0. The summed E-state index contributed by atoms with van der Waals surface area (Å²) in [6.07, 6.45) is 50.0. The third kappa shape index (κ3) is 18.3. The van der Waals surface area contributed by atoms with Crippen molar-refractivity contribution in [1.82, 2.24) is 0 Å². The number of rotatable bonds is 0. The molecule has 0 aromatic carbocycles. The van der Waals surface area contributed by atoms with Crippen molar-refractivity contribution in [2.45, 2.75) is 57.8 Å². The van der Waals surface area contributed by atoms with E-state index in [1.54, 1.807) is 0 Å². The van der Waals surface area contributed by atoms with E-state index in [9.17, 15) is 0 Å². The van der Waals surface area contributed by atoms with Gasteiger partial charge in [-0.1, -0.05) is 135 Å². The number of hydrogen-bond donors (Lipinski definition) is 0. The van der Waals surface area contributed by atoms with Gasteiger partial charge in [0.15, 0.2) is 0 Å². The summed E-state index contributed by atoms with van der Waals surface area (Å²) in [5.74, 6) is 0. The largest absolute Gasteiger partial charge is 0.0845 e. The third-order valence-electron chi connectivity index (χ3n) is 4.10. The highest BCUT2D eigenvalue weighted by Crippen LogP contribution is 2.10. The summed E-state index contributed by atoms with van der Waals surface area (Å²) in [6, 6.07) is 0. The van der Waals surface area contributed by atoms with E-state index in [1.165, 1.54) is 51.4 Å². The average Bonchev–Trinajstić information content (AvgIpc) is 2.68. The number of allylic oxidation sites excluding steroid dienone is 18. The van der Waals surface area contributed by atoms with Gasteiger partial charge in [-0.15, -0.1) is 0 Å². The molecule has 0 aliphatic heterocycles.